The Labute approximate surface area is 245 Å². The van der Waals surface area contributed by atoms with Crippen LogP contribution in [-0.2, 0) is 9.59 Å². The van der Waals surface area contributed by atoms with E-state index in [2.05, 4.69) is 31.9 Å². The zero-order valence-corrected chi connectivity index (χ0v) is 24.6. The number of Topliss-reactive ketones (excluding diaryl/α,β-unsaturated/α-hetero) is 1. The molecule has 1 aliphatic heterocycles. The molecule has 0 radical (unpaired) electrons. The van der Waals surface area contributed by atoms with Crippen LogP contribution in [0, 0.1) is 23.7 Å². The number of imide groups is 1. The Kier molecular flexibility index (Phi) is 7.78. The summed E-state index contributed by atoms with van der Waals surface area (Å²) in [6, 6.07) is 11.1. The van der Waals surface area contributed by atoms with Crippen LogP contribution in [0.5, 0.6) is 0 Å². The van der Waals surface area contributed by atoms with Crippen molar-refractivity contribution in [3.63, 3.8) is 0 Å². The first kappa shape index (κ1) is 27.1. The summed E-state index contributed by atoms with van der Waals surface area (Å²) in [7, 11) is 0. The summed E-state index contributed by atoms with van der Waals surface area (Å²) < 4.78 is 0. The average molecular weight is 692 g/mol. The predicted octanol–water partition coefficient (Wildman–Crippen LogP) is 6.01. The molecule has 2 bridgehead atoms. The number of hydrogen-bond acceptors (Lipinski definition) is 4. The van der Waals surface area contributed by atoms with E-state index in [1.807, 2.05) is 0 Å². The monoisotopic (exact) mass is 688 g/mol. The van der Waals surface area contributed by atoms with E-state index in [0.29, 0.717) is 10.0 Å². The van der Waals surface area contributed by atoms with Crippen molar-refractivity contribution in [2.24, 2.45) is 23.7 Å². The van der Waals surface area contributed by atoms with Gasteiger partial charge in [-0.15, -0.1) is 11.6 Å². The number of hydrazine groups is 1. The largest absolute Gasteiger partial charge is 0.292 e. The van der Waals surface area contributed by atoms with Gasteiger partial charge >= 0.3 is 0 Å². The van der Waals surface area contributed by atoms with Crippen LogP contribution in [0.25, 0.3) is 0 Å². The second-order valence-corrected chi connectivity index (χ2v) is 12.9. The maximum Gasteiger partial charge on any atom is 0.273 e. The number of benzene rings is 2. The Hall–Kier alpha value is -1.45. The molecule has 2 aromatic rings. The van der Waals surface area contributed by atoms with E-state index in [4.69, 9.17) is 34.8 Å². The molecule has 3 aliphatic rings. The van der Waals surface area contributed by atoms with Gasteiger partial charge < -0.3 is 0 Å². The van der Waals surface area contributed by atoms with E-state index in [9.17, 15) is 19.2 Å². The van der Waals surface area contributed by atoms with Gasteiger partial charge in [0.05, 0.1) is 11.8 Å². The Morgan fingerprint density at radius 2 is 1.32 bits per heavy atom. The fraction of sp³-hybridized carbons (Fsp3) is 0.385. The third-order valence-electron chi connectivity index (χ3n) is 7.59. The summed E-state index contributed by atoms with van der Waals surface area (Å²) in [5, 5.41) is 2.81. The maximum atomic E-state index is 14.0. The first-order valence-corrected chi connectivity index (χ1v) is 14.9. The maximum absolute atomic E-state index is 14.0. The Morgan fingerprint density at radius 3 is 1.78 bits per heavy atom. The molecule has 3 amide bonds. The topological polar surface area (TPSA) is 74.8 Å². The molecule has 6 nitrogen and oxygen atoms in total. The van der Waals surface area contributed by atoms with Crippen molar-refractivity contribution < 1.29 is 19.2 Å². The first-order chi connectivity index (χ1) is 17.6. The smallest absolute Gasteiger partial charge is 0.273 e. The molecule has 0 N–H and O–H groups in total. The van der Waals surface area contributed by atoms with Crippen LogP contribution in [0.15, 0.2) is 48.5 Å². The molecule has 0 spiro atoms. The molecule has 11 heteroatoms. The fourth-order valence-corrected chi connectivity index (χ4v) is 8.25. The minimum Gasteiger partial charge on any atom is -0.292 e. The number of alkyl halides is 3. The molecule has 2 aliphatic carbocycles. The van der Waals surface area contributed by atoms with Crippen LogP contribution in [0.4, 0.5) is 0 Å². The number of fused-ring (bicyclic) bond motifs is 5. The fourth-order valence-electron chi connectivity index (χ4n) is 5.92. The highest BCUT2D eigenvalue weighted by Crippen LogP contribution is 2.60. The van der Waals surface area contributed by atoms with Crippen molar-refractivity contribution in [3.05, 3.63) is 69.7 Å². The van der Waals surface area contributed by atoms with Crippen LogP contribution < -0.4 is 0 Å². The minimum atomic E-state index is -1.19. The number of rotatable bonds is 7. The molecule has 5 rings (SSSR count). The van der Waals surface area contributed by atoms with Crippen molar-refractivity contribution in [3.8, 4) is 0 Å². The minimum absolute atomic E-state index is 0.0235. The number of carbonyl (C=O) groups is 4. The summed E-state index contributed by atoms with van der Waals surface area (Å²) in [6.07, 6.45) is 0.774. The molecule has 1 saturated heterocycles. The lowest BCUT2D eigenvalue weighted by Gasteiger charge is -2.36. The highest BCUT2D eigenvalue weighted by atomic mass is 79.9. The molecule has 3 fully saturated rings. The summed E-state index contributed by atoms with van der Waals surface area (Å²) in [5.74, 6) is -3.22. The first-order valence-electron chi connectivity index (χ1n) is 11.8. The molecule has 0 unspecified atom stereocenters. The van der Waals surface area contributed by atoms with E-state index in [0.717, 1.165) is 16.4 Å². The second kappa shape index (κ2) is 10.6. The quantitative estimate of drug-likeness (QED) is 0.203. The van der Waals surface area contributed by atoms with Gasteiger partial charge in [0.2, 0.25) is 0 Å². The number of halogens is 5. The number of amides is 3. The van der Waals surface area contributed by atoms with E-state index in [1.54, 1.807) is 24.3 Å². The van der Waals surface area contributed by atoms with Gasteiger partial charge in [0.15, 0.2) is 5.78 Å². The number of ketones is 1. The lowest BCUT2D eigenvalue weighted by Crippen LogP contribution is -2.58. The normalized spacial score (nSPS) is 28.9. The number of carbonyl (C=O) groups excluding carboxylic acids is 4. The standard InChI is InChI=1S/C26H21Br2Cl3N2O4/c27-21-16-11-17(22(21)28)20-19(16)25(36)33(26(20)37)32(24(35)13-3-7-15(31)8-4-13)18(9-10-29)23(34)12-1-5-14(30)6-2-12/h1-8,16-22H,9-11H2/t16-,17-,18+,19-,20+,21+,22+/m1/s1. The van der Waals surface area contributed by atoms with Gasteiger partial charge in [-0.2, -0.15) is 5.01 Å². The third-order valence-corrected chi connectivity index (χ3v) is 11.5. The van der Waals surface area contributed by atoms with Gasteiger partial charge in [-0.1, -0.05) is 55.1 Å². The molecule has 0 aromatic heterocycles. The van der Waals surface area contributed by atoms with Gasteiger partial charge in [-0.05, 0) is 73.2 Å². The molecule has 2 saturated carbocycles. The van der Waals surface area contributed by atoms with Gasteiger partial charge in [0, 0.05) is 36.7 Å². The van der Waals surface area contributed by atoms with Gasteiger partial charge in [0.25, 0.3) is 17.7 Å². The van der Waals surface area contributed by atoms with Crippen molar-refractivity contribution >= 4 is 90.2 Å². The molecular formula is C26H21Br2Cl3N2O4. The van der Waals surface area contributed by atoms with Crippen LogP contribution in [0.3, 0.4) is 0 Å². The SMILES string of the molecule is O=C(c1ccc(Cl)cc1)[C@H](CCCl)N(C(=O)c1ccc(Cl)cc1)N1C(=O)[C@@H]2[C@H]3C[C@@H]([C@H](Br)[C@H]3Br)[C@@H]2C1=O. The Morgan fingerprint density at radius 1 is 0.865 bits per heavy atom. The second-order valence-electron chi connectivity index (χ2n) is 9.51. The van der Waals surface area contributed by atoms with Crippen LogP contribution in [0.2, 0.25) is 10.0 Å². The lowest BCUT2D eigenvalue weighted by atomic mass is 9.81. The molecule has 37 heavy (non-hydrogen) atoms. The predicted molar refractivity (Wildman–Crippen MR) is 148 cm³/mol. The molecule has 7 atom stereocenters. The summed E-state index contributed by atoms with van der Waals surface area (Å²) >= 11 is 25.5. The van der Waals surface area contributed by atoms with Gasteiger partial charge in [-0.25, -0.2) is 5.01 Å². The van der Waals surface area contributed by atoms with Crippen molar-refractivity contribution in [1.29, 1.82) is 0 Å². The van der Waals surface area contributed by atoms with Crippen LogP contribution >= 0.6 is 66.7 Å². The summed E-state index contributed by atoms with van der Waals surface area (Å²) in [4.78, 5) is 55.5. The van der Waals surface area contributed by atoms with E-state index < -0.39 is 41.4 Å². The van der Waals surface area contributed by atoms with Crippen molar-refractivity contribution in [1.82, 2.24) is 10.0 Å². The van der Waals surface area contributed by atoms with Crippen molar-refractivity contribution in [2.75, 3.05) is 5.88 Å². The Balaban J connectivity index is 1.59. The summed E-state index contributed by atoms with van der Waals surface area (Å²) in [5.41, 5.74) is 0.471. The van der Waals surface area contributed by atoms with E-state index in [1.165, 1.54) is 24.3 Å². The Bertz CT molecular complexity index is 1230. The lowest BCUT2D eigenvalue weighted by molar-refractivity contribution is -0.157. The van der Waals surface area contributed by atoms with Gasteiger partial charge in [0.1, 0.15) is 6.04 Å². The highest BCUT2D eigenvalue weighted by Gasteiger charge is 2.68. The van der Waals surface area contributed by atoms with Crippen LogP contribution in [-0.4, -0.2) is 55.1 Å². The molecule has 1 heterocycles. The van der Waals surface area contributed by atoms with E-state index >= 15 is 0 Å². The molecular weight excluding hydrogens is 670 g/mol. The zero-order chi connectivity index (χ0) is 26.6. The number of hydrogen-bond donors (Lipinski definition) is 0. The third kappa shape index (κ3) is 4.56. The summed E-state index contributed by atoms with van der Waals surface area (Å²) in [6.45, 7) is 0. The van der Waals surface area contributed by atoms with E-state index in [-0.39, 0.29) is 44.9 Å². The average Bonchev–Trinajstić information content (AvgIpc) is 3.49. The van der Waals surface area contributed by atoms with Gasteiger partial charge in [-0.3, -0.25) is 19.2 Å². The van der Waals surface area contributed by atoms with Crippen molar-refractivity contribution in [2.45, 2.75) is 28.5 Å². The molecule has 194 valence electrons. The number of nitrogens with zero attached hydrogens (tertiary/aromatic N) is 2. The van der Waals surface area contributed by atoms with Crippen LogP contribution in [0.1, 0.15) is 33.6 Å². The zero-order valence-electron chi connectivity index (χ0n) is 19.2. The highest BCUT2D eigenvalue weighted by molar-refractivity contribution is 9.12. The molecule has 2 aromatic carbocycles.